The Morgan fingerprint density at radius 2 is 2.00 bits per heavy atom. The molecule has 0 atom stereocenters. The Morgan fingerprint density at radius 3 is 2.67 bits per heavy atom. The van der Waals surface area contributed by atoms with E-state index in [2.05, 4.69) is 62.5 Å². The molecular weight excluding hydrogens is 236 g/mol. The minimum atomic E-state index is -1.59. The maximum Gasteiger partial charge on any atom is 0.118 e. The van der Waals surface area contributed by atoms with Gasteiger partial charge < -0.3 is 4.74 Å². The lowest BCUT2D eigenvalue weighted by atomic mass is 10.3. The number of hydrogen-bond donors (Lipinski definition) is 0. The van der Waals surface area contributed by atoms with Crippen molar-refractivity contribution in [3.63, 3.8) is 0 Å². The molecule has 96 valence electrons. The highest BCUT2D eigenvalue weighted by atomic mass is 28.3. The van der Waals surface area contributed by atoms with Crippen LogP contribution in [0.15, 0.2) is 47.7 Å². The van der Waals surface area contributed by atoms with Crippen LogP contribution >= 0.6 is 0 Å². The summed E-state index contributed by atoms with van der Waals surface area (Å²) in [5.74, 6) is 1.08. The van der Waals surface area contributed by atoms with E-state index < -0.39 is 8.07 Å². The van der Waals surface area contributed by atoms with Crippen molar-refractivity contribution in [2.24, 2.45) is 0 Å². The van der Waals surface area contributed by atoms with E-state index in [0.717, 1.165) is 25.2 Å². The van der Waals surface area contributed by atoms with E-state index >= 15 is 0 Å². The number of benzene rings is 1. The van der Waals surface area contributed by atoms with Gasteiger partial charge in [-0.25, -0.2) is 0 Å². The van der Waals surface area contributed by atoms with Crippen LogP contribution in [0.2, 0.25) is 13.1 Å². The van der Waals surface area contributed by atoms with E-state index in [1.165, 1.54) is 10.4 Å². The third kappa shape index (κ3) is 2.59. The Hall–Kier alpha value is -1.28. The van der Waals surface area contributed by atoms with E-state index in [9.17, 15) is 0 Å². The van der Waals surface area contributed by atoms with Crippen LogP contribution in [0, 0.1) is 0 Å². The van der Waals surface area contributed by atoms with Crippen LogP contribution in [0.3, 0.4) is 0 Å². The molecule has 0 saturated heterocycles. The quantitative estimate of drug-likeness (QED) is 0.730. The first-order valence-corrected chi connectivity index (χ1v) is 9.75. The summed E-state index contributed by atoms with van der Waals surface area (Å²) in [6.45, 7) is 7.76. The van der Waals surface area contributed by atoms with E-state index in [0.29, 0.717) is 0 Å². The largest absolute Gasteiger partial charge is 0.494 e. The zero-order valence-electron chi connectivity index (χ0n) is 11.6. The summed E-state index contributed by atoms with van der Waals surface area (Å²) in [4.78, 5) is 0. The van der Waals surface area contributed by atoms with Gasteiger partial charge in [0.05, 0.1) is 6.61 Å². The Balaban J connectivity index is 2.34. The van der Waals surface area contributed by atoms with E-state index in [1.807, 2.05) is 0 Å². The number of rotatable bonds is 5. The van der Waals surface area contributed by atoms with Crippen molar-refractivity contribution in [3.05, 3.63) is 47.7 Å². The van der Waals surface area contributed by atoms with Crippen LogP contribution in [0.25, 0.3) is 0 Å². The number of hydrogen-bond acceptors (Lipinski definition) is 1. The van der Waals surface area contributed by atoms with Crippen molar-refractivity contribution in [2.45, 2.75) is 32.9 Å². The molecule has 1 nitrogen and oxygen atoms in total. The predicted octanol–water partition coefficient (Wildman–Crippen LogP) is 3.82. The molecule has 0 N–H and O–H groups in total. The molecule has 2 rings (SSSR count). The lowest BCUT2D eigenvalue weighted by Crippen LogP contribution is -2.44. The summed E-state index contributed by atoms with van der Waals surface area (Å²) < 4.78 is 5.92. The van der Waals surface area contributed by atoms with Crippen molar-refractivity contribution in [1.82, 2.24) is 0 Å². The van der Waals surface area contributed by atoms with Crippen molar-refractivity contribution in [2.75, 3.05) is 6.61 Å². The molecule has 1 aromatic carbocycles. The Kier molecular flexibility index (Phi) is 4.07. The van der Waals surface area contributed by atoms with Gasteiger partial charge in [-0.2, -0.15) is 0 Å². The fourth-order valence-electron chi connectivity index (χ4n) is 2.40. The van der Waals surface area contributed by atoms with Crippen molar-refractivity contribution in [1.29, 1.82) is 0 Å². The molecule has 0 unspecified atom stereocenters. The molecule has 1 aliphatic carbocycles. The monoisotopic (exact) mass is 258 g/mol. The molecule has 2 heteroatoms. The predicted molar refractivity (Wildman–Crippen MR) is 81.2 cm³/mol. The van der Waals surface area contributed by atoms with Gasteiger partial charge in [-0.15, -0.1) is 0 Å². The van der Waals surface area contributed by atoms with Crippen molar-refractivity contribution < 1.29 is 4.74 Å². The Morgan fingerprint density at radius 1 is 1.22 bits per heavy atom. The third-order valence-corrected chi connectivity index (χ3v) is 7.09. The van der Waals surface area contributed by atoms with Crippen LogP contribution < -0.4 is 9.92 Å². The lowest BCUT2D eigenvalue weighted by Gasteiger charge is -2.26. The van der Waals surface area contributed by atoms with Crippen LogP contribution in [-0.4, -0.2) is 14.7 Å². The SMILES string of the molecule is CCCOc1ccccc1[Si](C)(C)C1=CCC=C1. The van der Waals surface area contributed by atoms with Gasteiger partial charge in [-0.3, -0.25) is 0 Å². The number of para-hydroxylation sites is 1. The van der Waals surface area contributed by atoms with Gasteiger partial charge in [0.2, 0.25) is 0 Å². The first kappa shape index (κ1) is 13.2. The maximum atomic E-state index is 5.92. The van der Waals surface area contributed by atoms with Crippen LogP contribution in [0.5, 0.6) is 5.75 Å². The van der Waals surface area contributed by atoms with Gasteiger partial charge in [-0.05, 0) is 24.1 Å². The molecule has 0 radical (unpaired) electrons. The zero-order valence-corrected chi connectivity index (χ0v) is 12.6. The van der Waals surface area contributed by atoms with Gasteiger partial charge in [0.25, 0.3) is 0 Å². The minimum Gasteiger partial charge on any atom is -0.494 e. The van der Waals surface area contributed by atoms with Gasteiger partial charge in [-0.1, -0.05) is 61.6 Å². The first-order valence-electron chi connectivity index (χ1n) is 6.75. The van der Waals surface area contributed by atoms with E-state index in [1.54, 1.807) is 0 Å². The van der Waals surface area contributed by atoms with Crippen LogP contribution in [-0.2, 0) is 0 Å². The van der Waals surface area contributed by atoms with Crippen LogP contribution in [0.4, 0.5) is 0 Å². The molecule has 18 heavy (non-hydrogen) atoms. The highest BCUT2D eigenvalue weighted by Crippen LogP contribution is 2.25. The average Bonchev–Trinajstić information content (AvgIpc) is 2.91. The molecule has 0 aromatic heterocycles. The molecule has 0 bridgehead atoms. The third-order valence-electron chi connectivity index (χ3n) is 3.52. The summed E-state index contributed by atoms with van der Waals surface area (Å²) in [6.07, 6.45) is 9.05. The van der Waals surface area contributed by atoms with Gasteiger partial charge in [0.1, 0.15) is 13.8 Å². The number of ether oxygens (including phenoxy) is 1. The van der Waals surface area contributed by atoms with E-state index in [4.69, 9.17) is 4.74 Å². The van der Waals surface area contributed by atoms with Gasteiger partial charge >= 0.3 is 0 Å². The smallest absolute Gasteiger partial charge is 0.118 e. The summed E-state index contributed by atoms with van der Waals surface area (Å²) in [7, 11) is -1.59. The molecule has 0 saturated carbocycles. The fraction of sp³-hybridized carbons (Fsp3) is 0.375. The summed E-state index contributed by atoms with van der Waals surface area (Å²) in [6, 6.07) is 8.54. The molecule has 0 aliphatic heterocycles. The molecule has 1 aromatic rings. The minimum absolute atomic E-state index is 0.802. The van der Waals surface area contributed by atoms with E-state index in [-0.39, 0.29) is 0 Å². The highest BCUT2D eigenvalue weighted by Gasteiger charge is 2.30. The molecule has 0 amide bonds. The molecule has 0 fully saturated rings. The van der Waals surface area contributed by atoms with Gasteiger partial charge in [0.15, 0.2) is 0 Å². The summed E-state index contributed by atoms with van der Waals surface area (Å²) in [5, 5.41) is 2.94. The first-order chi connectivity index (χ1) is 8.66. The average molecular weight is 258 g/mol. The highest BCUT2D eigenvalue weighted by molar-refractivity contribution is 6.96. The van der Waals surface area contributed by atoms with Crippen molar-refractivity contribution >= 4 is 13.3 Å². The maximum absolute atomic E-state index is 5.92. The topological polar surface area (TPSA) is 9.23 Å². The molecule has 0 spiro atoms. The standard InChI is InChI=1S/C16H22OSi/c1-4-13-17-15-11-7-8-12-16(15)18(2,3)14-9-5-6-10-14/h5,7-12H,4,6,13H2,1-3H3. The summed E-state index contributed by atoms with van der Waals surface area (Å²) >= 11 is 0. The zero-order chi connectivity index (χ0) is 13.0. The molecular formula is C16H22OSi. The Bertz CT molecular complexity index is 472. The normalized spacial score (nSPS) is 14.7. The molecule has 0 heterocycles. The van der Waals surface area contributed by atoms with Crippen molar-refractivity contribution in [3.8, 4) is 5.75 Å². The number of allylic oxidation sites excluding steroid dienone is 4. The molecule has 1 aliphatic rings. The fourth-order valence-corrected chi connectivity index (χ4v) is 5.16. The lowest BCUT2D eigenvalue weighted by molar-refractivity contribution is 0.320. The summed E-state index contributed by atoms with van der Waals surface area (Å²) in [5.41, 5.74) is 0. The second-order valence-electron chi connectivity index (χ2n) is 5.27. The second kappa shape index (κ2) is 5.57. The second-order valence-corrected chi connectivity index (χ2v) is 9.63. The van der Waals surface area contributed by atoms with Gasteiger partial charge in [0, 0.05) is 0 Å². The Labute approximate surface area is 111 Å². The van der Waals surface area contributed by atoms with Crippen LogP contribution in [0.1, 0.15) is 19.8 Å².